The van der Waals surface area contributed by atoms with E-state index in [0.717, 1.165) is 5.56 Å². The maximum atomic E-state index is 12.4. The summed E-state index contributed by atoms with van der Waals surface area (Å²) >= 11 is 0. The molecule has 3 aromatic rings. The molecule has 1 aromatic heterocycles. The zero-order valence-corrected chi connectivity index (χ0v) is 15.7. The van der Waals surface area contributed by atoms with Crippen LogP contribution in [0.2, 0.25) is 0 Å². The molecule has 0 spiro atoms. The summed E-state index contributed by atoms with van der Waals surface area (Å²) in [6.07, 6.45) is 0.958. The Morgan fingerprint density at radius 2 is 1.90 bits per heavy atom. The van der Waals surface area contributed by atoms with Crippen molar-refractivity contribution in [3.8, 4) is 5.69 Å². The summed E-state index contributed by atoms with van der Waals surface area (Å²) in [4.78, 5) is 37.6. The topological polar surface area (TPSA) is 103 Å². The van der Waals surface area contributed by atoms with E-state index in [-0.39, 0.29) is 17.4 Å². The third kappa shape index (κ3) is 3.91. The molecule has 1 amide bonds. The number of Topliss-reactive ketones (excluding diaryl/α,β-unsaturated/α-hetero) is 1. The highest BCUT2D eigenvalue weighted by Gasteiger charge is 2.21. The van der Waals surface area contributed by atoms with Crippen molar-refractivity contribution in [1.82, 2.24) is 15.0 Å². The zero-order valence-electron chi connectivity index (χ0n) is 15.7. The van der Waals surface area contributed by atoms with Gasteiger partial charge >= 0.3 is 5.97 Å². The molecule has 1 aliphatic rings. The number of aryl methyl sites for hydroxylation is 2. The molecular formula is C21H18N4O4. The number of fused-ring (bicyclic) bond motifs is 1. The molecule has 2 heterocycles. The third-order valence-corrected chi connectivity index (χ3v) is 4.62. The van der Waals surface area contributed by atoms with Crippen LogP contribution in [-0.4, -0.2) is 39.3 Å². The van der Waals surface area contributed by atoms with Crippen LogP contribution >= 0.6 is 0 Å². The molecule has 0 radical (unpaired) electrons. The van der Waals surface area contributed by atoms with Gasteiger partial charge in [0.15, 0.2) is 18.1 Å². The molecule has 0 saturated heterocycles. The summed E-state index contributed by atoms with van der Waals surface area (Å²) in [7, 11) is 0. The normalized spacial score (nSPS) is 12.8. The Hall–Kier alpha value is -3.81. The number of nitrogens with one attached hydrogen (secondary N) is 1. The minimum Gasteiger partial charge on any atom is -0.452 e. The third-order valence-electron chi connectivity index (χ3n) is 4.62. The van der Waals surface area contributed by atoms with Crippen LogP contribution in [0.1, 0.15) is 38.5 Å². The van der Waals surface area contributed by atoms with Gasteiger partial charge in [0, 0.05) is 17.7 Å². The van der Waals surface area contributed by atoms with Crippen molar-refractivity contribution >= 4 is 23.3 Å². The molecule has 0 aliphatic carbocycles. The summed E-state index contributed by atoms with van der Waals surface area (Å²) in [5.41, 5.74) is 3.22. The second-order valence-electron chi connectivity index (χ2n) is 6.68. The van der Waals surface area contributed by atoms with Gasteiger partial charge in [-0.15, -0.1) is 5.10 Å². The number of amides is 1. The van der Waals surface area contributed by atoms with Gasteiger partial charge in [0.1, 0.15) is 0 Å². The number of esters is 1. The molecule has 2 aromatic carbocycles. The van der Waals surface area contributed by atoms with E-state index in [1.165, 1.54) is 4.80 Å². The largest absolute Gasteiger partial charge is 0.452 e. The molecule has 1 aliphatic heterocycles. The highest BCUT2D eigenvalue weighted by molar-refractivity contribution is 6.01. The predicted octanol–water partition coefficient (Wildman–Crippen LogP) is 2.50. The lowest BCUT2D eigenvalue weighted by atomic mass is 9.99. The molecule has 4 rings (SSSR count). The minimum absolute atomic E-state index is 0.0376. The second-order valence-corrected chi connectivity index (χ2v) is 6.68. The fourth-order valence-corrected chi connectivity index (χ4v) is 3.08. The van der Waals surface area contributed by atoms with Gasteiger partial charge in [-0.05, 0) is 49.2 Å². The lowest BCUT2D eigenvalue weighted by Crippen LogP contribution is -2.20. The summed E-state index contributed by atoms with van der Waals surface area (Å²) in [6, 6.07) is 14.2. The van der Waals surface area contributed by atoms with E-state index in [0.29, 0.717) is 35.5 Å². The standard InChI is InChI=1S/C21H18N4O4/c1-13-20(24-25(23-13)16-5-3-2-4-6-16)21(28)29-12-18(26)15-7-9-17-14(11-15)8-10-19(27)22-17/h2-7,9,11H,8,10,12H2,1H3,(H,22,27). The average Bonchev–Trinajstić information content (AvgIpc) is 3.13. The first-order valence-corrected chi connectivity index (χ1v) is 9.14. The molecule has 0 atom stereocenters. The molecule has 0 bridgehead atoms. The number of carbonyl (C=O) groups is 3. The number of hydrogen-bond acceptors (Lipinski definition) is 6. The highest BCUT2D eigenvalue weighted by atomic mass is 16.5. The van der Waals surface area contributed by atoms with Crippen LogP contribution in [0.25, 0.3) is 5.69 Å². The van der Waals surface area contributed by atoms with Gasteiger partial charge in [-0.3, -0.25) is 9.59 Å². The van der Waals surface area contributed by atoms with Crippen LogP contribution in [0, 0.1) is 6.92 Å². The van der Waals surface area contributed by atoms with Crippen molar-refractivity contribution in [2.24, 2.45) is 0 Å². The number of anilines is 1. The quantitative estimate of drug-likeness (QED) is 0.530. The van der Waals surface area contributed by atoms with Crippen LogP contribution in [0.15, 0.2) is 48.5 Å². The van der Waals surface area contributed by atoms with E-state index in [2.05, 4.69) is 15.5 Å². The number of ketones is 1. The lowest BCUT2D eigenvalue weighted by molar-refractivity contribution is -0.116. The Balaban J connectivity index is 1.43. The van der Waals surface area contributed by atoms with Crippen molar-refractivity contribution < 1.29 is 19.1 Å². The van der Waals surface area contributed by atoms with Crippen molar-refractivity contribution in [1.29, 1.82) is 0 Å². The van der Waals surface area contributed by atoms with E-state index in [1.807, 2.05) is 30.3 Å². The summed E-state index contributed by atoms with van der Waals surface area (Å²) in [5, 5.41) is 11.2. The second kappa shape index (κ2) is 7.67. The Morgan fingerprint density at radius 1 is 1.10 bits per heavy atom. The van der Waals surface area contributed by atoms with E-state index in [4.69, 9.17) is 4.74 Å². The molecule has 8 heteroatoms. The van der Waals surface area contributed by atoms with Gasteiger partial charge in [0.2, 0.25) is 5.91 Å². The van der Waals surface area contributed by atoms with Crippen LogP contribution in [0.5, 0.6) is 0 Å². The highest BCUT2D eigenvalue weighted by Crippen LogP contribution is 2.23. The van der Waals surface area contributed by atoms with Crippen molar-refractivity contribution in [3.63, 3.8) is 0 Å². The lowest BCUT2D eigenvalue weighted by Gasteiger charge is -2.17. The Labute approximate surface area is 166 Å². The first-order chi connectivity index (χ1) is 14.0. The van der Waals surface area contributed by atoms with E-state index in [1.54, 1.807) is 25.1 Å². The number of hydrogen-bond donors (Lipinski definition) is 1. The number of carbonyl (C=O) groups excluding carboxylic acids is 3. The van der Waals surface area contributed by atoms with Gasteiger partial charge < -0.3 is 10.1 Å². The molecule has 146 valence electrons. The maximum Gasteiger partial charge on any atom is 0.361 e. The fourth-order valence-electron chi connectivity index (χ4n) is 3.08. The van der Waals surface area contributed by atoms with Crippen LogP contribution in [0.3, 0.4) is 0 Å². The number of aromatic nitrogens is 3. The molecule has 0 saturated carbocycles. The average molecular weight is 390 g/mol. The zero-order chi connectivity index (χ0) is 20.4. The van der Waals surface area contributed by atoms with E-state index >= 15 is 0 Å². The van der Waals surface area contributed by atoms with Crippen molar-refractivity contribution in [2.45, 2.75) is 19.8 Å². The van der Waals surface area contributed by atoms with Gasteiger partial charge in [0.25, 0.3) is 0 Å². The molecule has 29 heavy (non-hydrogen) atoms. The molecule has 0 fully saturated rings. The van der Waals surface area contributed by atoms with Crippen LogP contribution < -0.4 is 5.32 Å². The van der Waals surface area contributed by atoms with Gasteiger partial charge in [-0.1, -0.05) is 18.2 Å². The Morgan fingerprint density at radius 3 is 2.69 bits per heavy atom. The molecule has 0 unspecified atom stereocenters. The van der Waals surface area contributed by atoms with E-state index < -0.39 is 12.6 Å². The monoisotopic (exact) mass is 390 g/mol. The maximum absolute atomic E-state index is 12.4. The predicted molar refractivity (Wildman–Crippen MR) is 104 cm³/mol. The number of nitrogens with zero attached hydrogens (tertiary/aromatic N) is 3. The van der Waals surface area contributed by atoms with Gasteiger partial charge in [0.05, 0.1) is 11.4 Å². The van der Waals surface area contributed by atoms with Gasteiger partial charge in [-0.25, -0.2) is 4.79 Å². The van der Waals surface area contributed by atoms with Crippen molar-refractivity contribution in [2.75, 3.05) is 11.9 Å². The van der Waals surface area contributed by atoms with E-state index in [9.17, 15) is 14.4 Å². The SMILES string of the molecule is Cc1nn(-c2ccccc2)nc1C(=O)OCC(=O)c1ccc2c(c1)CCC(=O)N2. The molecule has 8 nitrogen and oxygen atoms in total. The number of ether oxygens (including phenoxy) is 1. The Bertz CT molecular complexity index is 1110. The van der Waals surface area contributed by atoms with Crippen LogP contribution in [-0.2, 0) is 16.0 Å². The summed E-state index contributed by atoms with van der Waals surface area (Å²) < 4.78 is 5.16. The summed E-state index contributed by atoms with van der Waals surface area (Å²) in [6.45, 7) is 1.25. The number of para-hydroxylation sites is 1. The smallest absolute Gasteiger partial charge is 0.361 e. The van der Waals surface area contributed by atoms with Crippen molar-refractivity contribution in [3.05, 3.63) is 71.0 Å². The number of rotatable bonds is 5. The Kier molecular flexibility index (Phi) is 4.90. The first kappa shape index (κ1) is 18.5. The molecular weight excluding hydrogens is 372 g/mol. The fraction of sp³-hybridized carbons (Fsp3) is 0.190. The van der Waals surface area contributed by atoms with Gasteiger partial charge in [-0.2, -0.15) is 9.90 Å². The number of benzene rings is 2. The summed E-state index contributed by atoms with van der Waals surface area (Å²) in [5.74, 6) is -1.07. The first-order valence-electron chi connectivity index (χ1n) is 9.14. The van der Waals surface area contributed by atoms with Crippen LogP contribution in [0.4, 0.5) is 5.69 Å². The molecule has 1 N–H and O–H groups in total. The minimum atomic E-state index is -0.705.